The summed E-state index contributed by atoms with van der Waals surface area (Å²) in [6.45, 7) is 3.63. The molecule has 1 aliphatic rings. The zero-order valence-corrected chi connectivity index (χ0v) is 15.9. The van der Waals surface area contributed by atoms with Crippen LogP contribution >= 0.6 is 0 Å². The molecule has 2 aromatic carbocycles. The van der Waals surface area contributed by atoms with Crippen LogP contribution in [0.2, 0.25) is 0 Å². The standard InChI is InChI=1S/C22H26N2O3/c1-3-24(19-10-5-4-6-11-19)22(26)18-15-21(25)23(16-18)14-13-17-9-7-8-12-20(17)27-2/h4-12,18H,3,13-16H2,1-2H3. The summed E-state index contributed by atoms with van der Waals surface area (Å²) in [5.74, 6) is 0.623. The van der Waals surface area contributed by atoms with E-state index in [1.54, 1.807) is 16.9 Å². The Balaban J connectivity index is 1.63. The summed E-state index contributed by atoms with van der Waals surface area (Å²) in [6, 6.07) is 17.5. The van der Waals surface area contributed by atoms with Gasteiger partial charge in [0, 0.05) is 31.7 Å². The van der Waals surface area contributed by atoms with Gasteiger partial charge in [0.25, 0.3) is 0 Å². The van der Waals surface area contributed by atoms with Crippen LogP contribution in [-0.4, -0.2) is 43.5 Å². The third kappa shape index (κ3) is 4.30. The zero-order valence-electron chi connectivity index (χ0n) is 15.9. The Kier molecular flexibility index (Phi) is 6.12. The molecule has 3 rings (SSSR count). The van der Waals surface area contributed by atoms with Gasteiger partial charge in [-0.05, 0) is 37.1 Å². The van der Waals surface area contributed by atoms with Crippen LogP contribution in [0.1, 0.15) is 18.9 Å². The lowest BCUT2D eigenvalue weighted by Crippen LogP contribution is -2.37. The van der Waals surface area contributed by atoms with Crippen molar-refractivity contribution in [3.63, 3.8) is 0 Å². The second-order valence-electron chi connectivity index (χ2n) is 6.72. The number of carbonyl (C=O) groups excluding carboxylic acids is 2. The number of benzene rings is 2. The summed E-state index contributed by atoms with van der Waals surface area (Å²) >= 11 is 0. The van der Waals surface area contributed by atoms with Crippen molar-refractivity contribution in [3.05, 3.63) is 60.2 Å². The smallest absolute Gasteiger partial charge is 0.232 e. The molecule has 0 aromatic heterocycles. The van der Waals surface area contributed by atoms with Crippen molar-refractivity contribution in [3.8, 4) is 5.75 Å². The van der Waals surface area contributed by atoms with E-state index < -0.39 is 0 Å². The summed E-state index contributed by atoms with van der Waals surface area (Å²) in [6.07, 6.45) is 1.00. The second-order valence-corrected chi connectivity index (χ2v) is 6.72. The number of hydrogen-bond donors (Lipinski definition) is 0. The first-order valence-electron chi connectivity index (χ1n) is 9.40. The maximum Gasteiger partial charge on any atom is 0.232 e. The summed E-state index contributed by atoms with van der Waals surface area (Å²) in [7, 11) is 1.65. The van der Waals surface area contributed by atoms with E-state index >= 15 is 0 Å². The zero-order chi connectivity index (χ0) is 19.2. The number of nitrogens with zero attached hydrogens (tertiary/aromatic N) is 2. The van der Waals surface area contributed by atoms with E-state index in [1.807, 2.05) is 61.5 Å². The number of anilines is 1. The van der Waals surface area contributed by atoms with Gasteiger partial charge >= 0.3 is 0 Å². The molecule has 1 heterocycles. The molecule has 5 nitrogen and oxygen atoms in total. The van der Waals surface area contributed by atoms with Crippen molar-refractivity contribution in [2.75, 3.05) is 31.6 Å². The molecule has 142 valence electrons. The maximum absolute atomic E-state index is 13.0. The van der Waals surface area contributed by atoms with Gasteiger partial charge in [-0.15, -0.1) is 0 Å². The van der Waals surface area contributed by atoms with E-state index in [9.17, 15) is 9.59 Å². The quantitative estimate of drug-likeness (QED) is 0.756. The maximum atomic E-state index is 13.0. The fourth-order valence-corrected chi connectivity index (χ4v) is 3.61. The number of hydrogen-bond acceptors (Lipinski definition) is 3. The van der Waals surface area contributed by atoms with Crippen molar-refractivity contribution in [1.29, 1.82) is 0 Å². The Bertz CT molecular complexity index is 791. The first kappa shape index (κ1) is 19.0. The van der Waals surface area contributed by atoms with Crippen LogP contribution in [0.3, 0.4) is 0 Å². The first-order chi connectivity index (χ1) is 13.1. The molecule has 0 N–H and O–H groups in total. The molecular weight excluding hydrogens is 340 g/mol. The highest BCUT2D eigenvalue weighted by Crippen LogP contribution is 2.25. The Morgan fingerprint density at radius 1 is 1.15 bits per heavy atom. The number of ether oxygens (including phenoxy) is 1. The van der Waals surface area contributed by atoms with E-state index in [0.29, 0.717) is 26.1 Å². The van der Waals surface area contributed by atoms with Crippen molar-refractivity contribution in [1.82, 2.24) is 4.90 Å². The molecule has 0 spiro atoms. The minimum absolute atomic E-state index is 0.0249. The van der Waals surface area contributed by atoms with Gasteiger partial charge in [-0.1, -0.05) is 36.4 Å². The fourth-order valence-electron chi connectivity index (χ4n) is 3.61. The molecule has 1 atom stereocenters. The highest BCUT2D eigenvalue weighted by Gasteiger charge is 2.36. The molecule has 1 saturated heterocycles. The SMILES string of the molecule is CCN(C(=O)C1CC(=O)N(CCc2ccccc2OC)C1)c1ccccc1. The molecule has 1 aliphatic heterocycles. The number of rotatable bonds is 7. The number of methoxy groups -OCH3 is 1. The topological polar surface area (TPSA) is 49.9 Å². The van der Waals surface area contributed by atoms with Crippen LogP contribution in [0.15, 0.2) is 54.6 Å². The van der Waals surface area contributed by atoms with Crippen molar-refractivity contribution >= 4 is 17.5 Å². The Morgan fingerprint density at radius 2 is 1.85 bits per heavy atom. The highest BCUT2D eigenvalue weighted by atomic mass is 16.5. The average molecular weight is 366 g/mol. The number of amides is 2. The van der Waals surface area contributed by atoms with E-state index in [0.717, 1.165) is 17.0 Å². The normalized spacial score (nSPS) is 16.4. The molecule has 1 fully saturated rings. The lowest BCUT2D eigenvalue weighted by Gasteiger charge is -2.24. The molecule has 27 heavy (non-hydrogen) atoms. The molecule has 2 aromatic rings. The number of para-hydroxylation sites is 2. The van der Waals surface area contributed by atoms with Crippen LogP contribution in [-0.2, 0) is 16.0 Å². The van der Waals surface area contributed by atoms with Gasteiger partial charge in [-0.3, -0.25) is 9.59 Å². The molecule has 1 unspecified atom stereocenters. The minimum atomic E-state index is -0.282. The lowest BCUT2D eigenvalue weighted by atomic mass is 10.1. The summed E-state index contributed by atoms with van der Waals surface area (Å²) in [5.41, 5.74) is 1.95. The summed E-state index contributed by atoms with van der Waals surface area (Å²) in [5, 5.41) is 0. The molecule has 0 bridgehead atoms. The first-order valence-corrected chi connectivity index (χ1v) is 9.40. The van der Waals surface area contributed by atoms with Crippen LogP contribution in [0.5, 0.6) is 5.75 Å². The predicted octanol–water partition coefficient (Wildman–Crippen LogP) is 3.14. The minimum Gasteiger partial charge on any atom is -0.496 e. The molecule has 5 heteroatoms. The van der Waals surface area contributed by atoms with E-state index in [4.69, 9.17) is 4.74 Å². The monoisotopic (exact) mass is 366 g/mol. The van der Waals surface area contributed by atoms with Gasteiger partial charge in [0.2, 0.25) is 11.8 Å². The van der Waals surface area contributed by atoms with Crippen LogP contribution in [0.4, 0.5) is 5.69 Å². The summed E-state index contributed by atoms with van der Waals surface area (Å²) < 4.78 is 5.38. The lowest BCUT2D eigenvalue weighted by molar-refractivity contribution is -0.128. The molecule has 2 amide bonds. The third-order valence-corrected chi connectivity index (χ3v) is 5.06. The molecular formula is C22H26N2O3. The van der Waals surface area contributed by atoms with Crippen molar-refractivity contribution < 1.29 is 14.3 Å². The average Bonchev–Trinajstić information content (AvgIpc) is 3.08. The van der Waals surface area contributed by atoms with Gasteiger partial charge in [0.05, 0.1) is 13.0 Å². The summed E-state index contributed by atoms with van der Waals surface area (Å²) in [4.78, 5) is 29.0. The highest BCUT2D eigenvalue weighted by molar-refractivity contribution is 5.99. The van der Waals surface area contributed by atoms with Crippen LogP contribution in [0, 0.1) is 5.92 Å². The van der Waals surface area contributed by atoms with Crippen molar-refractivity contribution in [2.45, 2.75) is 19.8 Å². The van der Waals surface area contributed by atoms with Gasteiger partial charge in [-0.2, -0.15) is 0 Å². The van der Waals surface area contributed by atoms with Gasteiger partial charge < -0.3 is 14.5 Å². The van der Waals surface area contributed by atoms with Crippen LogP contribution in [0.25, 0.3) is 0 Å². The largest absolute Gasteiger partial charge is 0.496 e. The van der Waals surface area contributed by atoms with Gasteiger partial charge in [0.15, 0.2) is 0 Å². The predicted molar refractivity (Wildman–Crippen MR) is 106 cm³/mol. The Hall–Kier alpha value is -2.82. The van der Waals surface area contributed by atoms with Gasteiger partial charge in [0.1, 0.15) is 5.75 Å². The van der Waals surface area contributed by atoms with E-state index in [-0.39, 0.29) is 24.2 Å². The third-order valence-electron chi connectivity index (χ3n) is 5.06. The number of carbonyl (C=O) groups is 2. The molecule has 0 saturated carbocycles. The van der Waals surface area contributed by atoms with Gasteiger partial charge in [-0.25, -0.2) is 0 Å². The Morgan fingerprint density at radius 3 is 2.56 bits per heavy atom. The Labute approximate surface area is 160 Å². The van der Waals surface area contributed by atoms with Crippen molar-refractivity contribution in [2.24, 2.45) is 5.92 Å². The molecule has 0 aliphatic carbocycles. The second kappa shape index (κ2) is 8.71. The van der Waals surface area contributed by atoms with E-state index in [2.05, 4.69) is 0 Å². The molecule has 0 radical (unpaired) electrons. The number of likely N-dealkylation sites (tertiary alicyclic amines) is 1. The van der Waals surface area contributed by atoms with E-state index in [1.165, 1.54) is 0 Å². The fraction of sp³-hybridized carbons (Fsp3) is 0.364. The van der Waals surface area contributed by atoms with Crippen LogP contribution < -0.4 is 9.64 Å².